The Hall–Kier alpha value is -0.600. The predicted octanol–water partition coefficient (Wildman–Crippen LogP) is 5.31. The van der Waals surface area contributed by atoms with Gasteiger partial charge >= 0.3 is 0 Å². The summed E-state index contributed by atoms with van der Waals surface area (Å²) >= 11 is 7.20. The number of hydrogen-bond acceptors (Lipinski definition) is 0. The van der Waals surface area contributed by atoms with Gasteiger partial charge in [0.1, 0.15) is 0 Å². The lowest BCUT2D eigenvalue weighted by Crippen LogP contribution is -1.93. The first-order chi connectivity index (χ1) is 8.16. The zero-order valence-corrected chi connectivity index (χ0v) is 12.9. The molecule has 0 radical (unpaired) electrons. The Morgan fingerprint density at radius 3 is 2.00 bits per heavy atom. The summed E-state index contributed by atoms with van der Waals surface area (Å²) in [6, 6.07) is 15.0. The van der Waals surface area contributed by atoms with Crippen molar-refractivity contribution in [1.82, 2.24) is 0 Å². The van der Waals surface area contributed by atoms with Crippen molar-refractivity contribution in [1.29, 1.82) is 0 Å². The lowest BCUT2D eigenvalue weighted by atomic mass is 10.0. The van der Waals surface area contributed by atoms with Gasteiger partial charge in [-0.2, -0.15) is 0 Å². The van der Waals surface area contributed by atoms with Crippen LogP contribution in [0.4, 0.5) is 0 Å². The van der Waals surface area contributed by atoms with Crippen molar-refractivity contribution in [2.45, 2.75) is 19.8 Å². The zero-order chi connectivity index (χ0) is 12.3. The second-order valence-corrected chi connectivity index (χ2v) is 5.89. The van der Waals surface area contributed by atoms with Crippen LogP contribution in [0.2, 0.25) is 0 Å². The minimum Gasteiger partial charge on any atom is -0.0600 e. The summed E-state index contributed by atoms with van der Waals surface area (Å²) in [4.78, 5) is 0. The Morgan fingerprint density at radius 1 is 0.824 bits per heavy atom. The van der Waals surface area contributed by atoms with Gasteiger partial charge in [-0.25, -0.2) is 0 Å². The highest BCUT2D eigenvalue weighted by Crippen LogP contribution is 2.26. The molecule has 0 aliphatic rings. The quantitative estimate of drug-likeness (QED) is 0.701. The van der Waals surface area contributed by atoms with Crippen LogP contribution in [0.25, 0.3) is 0 Å². The van der Waals surface area contributed by atoms with Crippen molar-refractivity contribution in [2.75, 3.05) is 0 Å². The second kappa shape index (κ2) is 5.83. The maximum atomic E-state index is 3.60. The lowest BCUT2D eigenvalue weighted by Gasteiger charge is -2.07. The van der Waals surface area contributed by atoms with Crippen LogP contribution in [-0.2, 0) is 12.8 Å². The molecule has 0 aliphatic heterocycles. The van der Waals surface area contributed by atoms with E-state index in [4.69, 9.17) is 0 Å². The van der Waals surface area contributed by atoms with E-state index in [0.717, 1.165) is 12.8 Å². The van der Waals surface area contributed by atoms with E-state index in [1.54, 1.807) is 0 Å². The van der Waals surface area contributed by atoms with E-state index in [1.165, 1.54) is 25.6 Å². The highest BCUT2D eigenvalue weighted by Gasteiger charge is 2.04. The third-order valence-electron chi connectivity index (χ3n) is 2.85. The molecule has 0 N–H and O–H groups in total. The van der Waals surface area contributed by atoms with Gasteiger partial charge in [0.15, 0.2) is 0 Å². The van der Waals surface area contributed by atoms with E-state index in [9.17, 15) is 0 Å². The molecule has 0 aromatic heterocycles. The van der Waals surface area contributed by atoms with Gasteiger partial charge in [0.05, 0.1) is 0 Å². The third-order valence-corrected chi connectivity index (χ3v) is 4.33. The molecule has 0 fully saturated rings. The Bertz CT molecular complexity index is 481. The predicted molar refractivity (Wildman–Crippen MR) is 80.4 cm³/mol. The highest BCUT2D eigenvalue weighted by atomic mass is 79.9. The maximum Gasteiger partial charge on any atom is 0.0218 e. The van der Waals surface area contributed by atoms with Gasteiger partial charge in [0.2, 0.25) is 0 Å². The molecule has 0 atom stereocenters. The average molecular weight is 354 g/mol. The topological polar surface area (TPSA) is 0 Å². The second-order valence-electron chi connectivity index (χ2n) is 4.19. The molecule has 0 saturated heterocycles. The summed E-state index contributed by atoms with van der Waals surface area (Å²) < 4.78 is 2.36. The third kappa shape index (κ3) is 3.43. The van der Waals surface area contributed by atoms with Crippen LogP contribution in [0.5, 0.6) is 0 Å². The molecule has 88 valence electrons. The van der Waals surface area contributed by atoms with Crippen molar-refractivity contribution in [2.24, 2.45) is 0 Å². The van der Waals surface area contributed by atoms with Crippen molar-refractivity contribution >= 4 is 31.9 Å². The standard InChI is InChI=1S/C15H14Br2/c1-11-5-7-12(8-6-11)9-10-13-14(16)3-2-4-15(13)17/h2-8H,9-10H2,1H3. The van der Waals surface area contributed by atoms with Gasteiger partial charge < -0.3 is 0 Å². The molecule has 0 spiro atoms. The maximum absolute atomic E-state index is 3.60. The van der Waals surface area contributed by atoms with Gasteiger partial charge in [-0.05, 0) is 43.0 Å². The van der Waals surface area contributed by atoms with E-state index < -0.39 is 0 Å². The molecule has 2 aromatic carbocycles. The Balaban J connectivity index is 2.10. The monoisotopic (exact) mass is 352 g/mol. The first-order valence-corrected chi connectivity index (χ1v) is 7.24. The van der Waals surface area contributed by atoms with Gasteiger partial charge in [-0.3, -0.25) is 0 Å². The van der Waals surface area contributed by atoms with E-state index in [2.05, 4.69) is 75.2 Å². The molecule has 0 unspecified atom stereocenters. The van der Waals surface area contributed by atoms with Gasteiger partial charge in [0.25, 0.3) is 0 Å². The lowest BCUT2D eigenvalue weighted by molar-refractivity contribution is 0.948. The molecule has 2 rings (SSSR count). The first-order valence-electron chi connectivity index (χ1n) is 5.65. The first kappa shape index (κ1) is 12.8. The number of aryl methyl sites for hydroxylation is 2. The Labute approximate surface area is 119 Å². The SMILES string of the molecule is Cc1ccc(CCc2c(Br)cccc2Br)cc1. The summed E-state index contributed by atoms with van der Waals surface area (Å²) in [5.74, 6) is 0. The summed E-state index contributed by atoms with van der Waals surface area (Å²) in [6.07, 6.45) is 2.12. The molecule has 0 heterocycles. The van der Waals surface area contributed by atoms with Gasteiger partial charge in [0, 0.05) is 8.95 Å². The largest absolute Gasteiger partial charge is 0.0600 e. The van der Waals surface area contributed by atoms with Crippen LogP contribution in [-0.4, -0.2) is 0 Å². The molecule has 0 amide bonds. The van der Waals surface area contributed by atoms with Gasteiger partial charge in [-0.15, -0.1) is 0 Å². The molecule has 2 aromatic rings. The Kier molecular flexibility index (Phi) is 4.41. The zero-order valence-electron chi connectivity index (χ0n) is 9.71. The number of halogens is 2. The van der Waals surface area contributed by atoms with Crippen molar-refractivity contribution in [3.05, 3.63) is 68.1 Å². The van der Waals surface area contributed by atoms with Crippen LogP contribution < -0.4 is 0 Å². The number of rotatable bonds is 3. The molecular weight excluding hydrogens is 340 g/mol. The summed E-state index contributed by atoms with van der Waals surface area (Å²) in [5.41, 5.74) is 4.04. The average Bonchev–Trinajstić information content (AvgIpc) is 2.31. The van der Waals surface area contributed by atoms with Gasteiger partial charge in [-0.1, -0.05) is 67.8 Å². The van der Waals surface area contributed by atoms with Crippen LogP contribution in [0, 0.1) is 6.92 Å². The van der Waals surface area contributed by atoms with E-state index in [1.807, 2.05) is 6.07 Å². The van der Waals surface area contributed by atoms with Crippen molar-refractivity contribution < 1.29 is 0 Å². The smallest absolute Gasteiger partial charge is 0.0218 e. The van der Waals surface area contributed by atoms with Crippen LogP contribution in [0.15, 0.2) is 51.4 Å². The number of hydrogen-bond donors (Lipinski definition) is 0. The molecule has 0 bridgehead atoms. The normalized spacial score (nSPS) is 10.5. The van der Waals surface area contributed by atoms with E-state index in [-0.39, 0.29) is 0 Å². The molecule has 0 aliphatic carbocycles. The van der Waals surface area contributed by atoms with Crippen molar-refractivity contribution in [3.8, 4) is 0 Å². The summed E-state index contributed by atoms with van der Waals surface area (Å²) in [6.45, 7) is 2.12. The molecular formula is C15H14Br2. The fraction of sp³-hybridized carbons (Fsp3) is 0.200. The Morgan fingerprint density at radius 2 is 1.41 bits per heavy atom. The number of benzene rings is 2. The molecule has 0 saturated carbocycles. The fourth-order valence-electron chi connectivity index (χ4n) is 1.80. The van der Waals surface area contributed by atoms with Crippen LogP contribution in [0.3, 0.4) is 0 Å². The minimum absolute atomic E-state index is 1.05. The summed E-state index contributed by atoms with van der Waals surface area (Å²) in [7, 11) is 0. The van der Waals surface area contributed by atoms with E-state index >= 15 is 0 Å². The van der Waals surface area contributed by atoms with Crippen LogP contribution in [0.1, 0.15) is 16.7 Å². The van der Waals surface area contributed by atoms with E-state index in [0.29, 0.717) is 0 Å². The highest BCUT2D eigenvalue weighted by molar-refractivity contribution is 9.11. The van der Waals surface area contributed by atoms with Crippen molar-refractivity contribution in [3.63, 3.8) is 0 Å². The fourth-order valence-corrected chi connectivity index (χ4v) is 3.19. The molecule has 17 heavy (non-hydrogen) atoms. The van der Waals surface area contributed by atoms with Crippen LogP contribution >= 0.6 is 31.9 Å². The molecule has 2 heteroatoms. The minimum atomic E-state index is 1.05. The molecule has 0 nitrogen and oxygen atoms in total. The summed E-state index contributed by atoms with van der Waals surface area (Å²) in [5, 5.41) is 0.